The molecule has 3 heterocycles. The van der Waals surface area contributed by atoms with Crippen LogP contribution in [0.1, 0.15) is 5.56 Å². The molecule has 0 radical (unpaired) electrons. The number of rotatable bonds is 0. The van der Waals surface area contributed by atoms with Crippen molar-refractivity contribution in [1.29, 1.82) is 0 Å². The average molecular weight is 382 g/mol. The van der Waals surface area contributed by atoms with E-state index in [1.807, 2.05) is 12.1 Å². The summed E-state index contributed by atoms with van der Waals surface area (Å²) in [6.45, 7) is 3.68. The van der Waals surface area contributed by atoms with Crippen LogP contribution in [0.25, 0.3) is 10.1 Å². The number of thiophene rings is 1. The molecule has 1 aromatic heterocycles. The molecule has 27 heavy (non-hydrogen) atoms. The topological polar surface area (TPSA) is 51.1 Å². The monoisotopic (exact) mass is 382 g/mol. The number of phenolic OH excluding ortho intramolecular Hbond substituents is 1. The van der Waals surface area contributed by atoms with Crippen molar-refractivity contribution in [2.45, 2.75) is 0 Å². The summed E-state index contributed by atoms with van der Waals surface area (Å²) < 4.78 is 15.1. The van der Waals surface area contributed by atoms with Gasteiger partial charge in [0, 0.05) is 36.3 Å². The maximum atomic E-state index is 14.0. The van der Waals surface area contributed by atoms with E-state index in [1.165, 1.54) is 6.07 Å². The zero-order valence-corrected chi connectivity index (χ0v) is 15.7. The highest BCUT2D eigenvalue weighted by atomic mass is 32.1. The predicted octanol–water partition coefficient (Wildman–Crippen LogP) is 4.13. The quantitative estimate of drug-likeness (QED) is 0.574. The Hall–Kier alpha value is -2.64. The van der Waals surface area contributed by atoms with E-state index in [0.717, 1.165) is 52.7 Å². The van der Waals surface area contributed by atoms with Crippen molar-refractivity contribution in [1.82, 2.24) is 9.80 Å². The molecular formula is C20H19FN4OS. The van der Waals surface area contributed by atoms with Crippen LogP contribution in [0.4, 0.5) is 20.8 Å². The van der Waals surface area contributed by atoms with Gasteiger partial charge in [0.25, 0.3) is 0 Å². The Bertz CT molecular complexity index is 1070. The van der Waals surface area contributed by atoms with Gasteiger partial charge in [-0.05, 0) is 25.2 Å². The average Bonchev–Trinajstić information content (AvgIpc) is 2.95. The summed E-state index contributed by atoms with van der Waals surface area (Å²) in [5.74, 6) is -0.158. The van der Waals surface area contributed by atoms with Crippen molar-refractivity contribution in [3.63, 3.8) is 0 Å². The molecule has 0 bridgehead atoms. The highest BCUT2D eigenvalue weighted by Crippen LogP contribution is 2.46. The maximum absolute atomic E-state index is 14.0. The molecule has 2 N–H and O–H groups in total. The van der Waals surface area contributed by atoms with Crippen LogP contribution in [-0.4, -0.2) is 54.0 Å². The molecule has 0 aliphatic carbocycles. The van der Waals surface area contributed by atoms with Crippen LogP contribution in [0.5, 0.6) is 5.75 Å². The fourth-order valence-corrected chi connectivity index (χ4v) is 4.76. The Labute approximate surface area is 160 Å². The molecule has 5 nitrogen and oxygen atoms in total. The van der Waals surface area contributed by atoms with Gasteiger partial charge in [-0.2, -0.15) is 0 Å². The maximum Gasteiger partial charge on any atom is 0.177 e. The summed E-state index contributed by atoms with van der Waals surface area (Å²) in [6, 6.07) is 11.1. The Kier molecular flexibility index (Phi) is 3.80. The van der Waals surface area contributed by atoms with E-state index in [0.29, 0.717) is 11.4 Å². The second kappa shape index (κ2) is 6.21. The Morgan fingerprint density at radius 1 is 1.11 bits per heavy atom. The third kappa shape index (κ3) is 2.65. The minimum absolute atomic E-state index is 0.326. The normalized spacial score (nSPS) is 17.1. The van der Waals surface area contributed by atoms with Crippen molar-refractivity contribution >= 4 is 43.6 Å². The molecular weight excluding hydrogens is 363 g/mol. The van der Waals surface area contributed by atoms with Gasteiger partial charge in [-0.15, -0.1) is 11.3 Å². The minimum Gasteiger partial charge on any atom is -0.503 e. The van der Waals surface area contributed by atoms with Crippen molar-refractivity contribution < 1.29 is 9.50 Å². The summed E-state index contributed by atoms with van der Waals surface area (Å²) >= 11 is 1.60. The molecule has 0 saturated carbocycles. The van der Waals surface area contributed by atoms with Gasteiger partial charge in [0.05, 0.1) is 11.3 Å². The molecule has 0 atom stereocenters. The van der Waals surface area contributed by atoms with E-state index in [4.69, 9.17) is 4.99 Å². The van der Waals surface area contributed by atoms with E-state index in [2.05, 4.69) is 34.3 Å². The van der Waals surface area contributed by atoms with Crippen LogP contribution < -0.4 is 5.32 Å². The highest BCUT2D eigenvalue weighted by molar-refractivity contribution is 7.23. The molecule has 0 unspecified atom stereocenters. The fourth-order valence-electron chi connectivity index (χ4n) is 3.66. The summed E-state index contributed by atoms with van der Waals surface area (Å²) in [5, 5.41) is 15.5. The van der Waals surface area contributed by atoms with Crippen LogP contribution in [0.3, 0.4) is 0 Å². The molecule has 1 saturated heterocycles. The van der Waals surface area contributed by atoms with Crippen molar-refractivity contribution in [3.05, 3.63) is 47.8 Å². The summed E-state index contributed by atoms with van der Waals surface area (Å²) in [6.07, 6.45) is 0. The number of piperazine rings is 1. The fraction of sp³-hybridized carbons (Fsp3) is 0.250. The standard InChI is InChI=1S/C20H19FN4OS/c1-24-8-10-25(11-9-24)19-16-12-4-2-3-5-15(12)27-20(16)23-17-14(22-19)7-6-13(21)18(17)26/h2-7,23,26H,8-11H2,1H3. The van der Waals surface area contributed by atoms with Gasteiger partial charge < -0.3 is 20.2 Å². The van der Waals surface area contributed by atoms with Gasteiger partial charge in [0.1, 0.15) is 16.5 Å². The number of nitrogens with one attached hydrogen (secondary N) is 1. The number of benzene rings is 2. The highest BCUT2D eigenvalue weighted by Gasteiger charge is 2.28. The van der Waals surface area contributed by atoms with E-state index >= 15 is 0 Å². The Balaban J connectivity index is 1.75. The first-order chi connectivity index (χ1) is 13.1. The number of anilines is 2. The number of phenols is 1. The molecule has 0 spiro atoms. The largest absolute Gasteiger partial charge is 0.503 e. The van der Waals surface area contributed by atoms with E-state index in [1.54, 1.807) is 17.4 Å². The summed E-state index contributed by atoms with van der Waals surface area (Å²) in [5.41, 5.74) is 1.90. The lowest BCUT2D eigenvalue weighted by molar-refractivity contribution is 0.216. The van der Waals surface area contributed by atoms with E-state index in [9.17, 15) is 9.50 Å². The minimum atomic E-state index is -0.651. The van der Waals surface area contributed by atoms with Crippen molar-refractivity contribution in [2.24, 2.45) is 4.99 Å². The zero-order valence-electron chi connectivity index (χ0n) is 14.9. The first-order valence-electron chi connectivity index (χ1n) is 8.94. The molecule has 1 fully saturated rings. The van der Waals surface area contributed by atoms with Gasteiger partial charge in [0.2, 0.25) is 0 Å². The van der Waals surface area contributed by atoms with Crippen LogP contribution >= 0.6 is 11.3 Å². The molecule has 2 aliphatic heterocycles. The first-order valence-corrected chi connectivity index (χ1v) is 9.76. The number of hydrogen-bond acceptors (Lipinski definition) is 6. The van der Waals surface area contributed by atoms with Crippen molar-refractivity contribution in [3.8, 4) is 5.75 Å². The summed E-state index contributed by atoms with van der Waals surface area (Å²) in [4.78, 5) is 9.48. The Morgan fingerprint density at radius 3 is 2.70 bits per heavy atom. The second-order valence-electron chi connectivity index (χ2n) is 6.94. The molecule has 0 amide bonds. The molecule has 3 aromatic rings. The lowest BCUT2D eigenvalue weighted by Crippen LogP contribution is -2.47. The van der Waals surface area contributed by atoms with E-state index in [-0.39, 0.29) is 5.75 Å². The van der Waals surface area contributed by atoms with Gasteiger partial charge in [-0.1, -0.05) is 18.2 Å². The number of fused-ring (bicyclic) bond motifs is 4. The number of aliphatic imine (C=N–C) groups is 1. The first kappa shape index (κ1) is 16.5. The van der Waals surface area contributed by atoms with Gasteiger partial charge >= 0.3 is 0 Å². The second-order valence-corrected chi connectivity index (χ2v) is 8.00. The third-order valence-corrected chi connectivity index (χ3v) is 6.28. The van der Waals surface area contributed by atoms with E-state index < -0.39 is 5.82 Å². The molecule has 5 rings (SSSR count). The number of hydrogen-bond donors (Lipinski definition) is 2. The molecule has 138 valence electrons. The van der Waals surface area contributed by atoms with Gasteiger partial charge in [-0.25, -0.2) is 9.38 Å². The van der Waals surface area contributed by atoms with Crippen LogP contribution in [-0.2, 0) is 0 Å². The molecule has 2 aromatic carbocycles. The van der Waals surface area contributed by atoms with Crippen molar-refractivity contribution in [2.75, 3.05) is 38.5 Å². The lowest BCUT2D eigenvalue weighted by atomic mass is 10.1. The number of likely N-dealkylation sites (N-methyl/N-ethyl adjacent to an activating group) is 1. The number of aromatic hydroxyl groups is 1. The van der Waals surface area contributed by atoms with Crippen LogP contribution in [0, 0.1) is 5.82 Å². The van der Waals surface area contributed by atoms with Gasteiger partial charge in [0.15, 0.2) is 11.6 Å². The number of halogens is 1. The predicted molar refractivity (Wildman–Crippen MR) is 108 cm³/mol. The number of amidine groups is 1. The smallest absolute Gasteiger partial charge is 0.177 e. The lowest BCUT2D eigenvalue weighted by Gasteiger charge is -2.34. The zero-order chi connectivity index (χ0) is 18.5. The number of nitrogens with zero attached hydrogens (tertiary/aromatic N) is 3. The third-order valence-electron chi connectivity index (χ3n) is 5.19. The SMILES string of the molecule is CN1CCN(C2=Nc3ccc(F)c(O)c3Nc3sc4ccccc4c32)CC1. The molecule has 7 heteroatoms. The van der Waals surface area contributed by atoms with Crippen LogP contribution in [0.2, 0.25) is 0 Å². The Morgan fingerprint density at radius 2 is 1.89 bits per heavy atom. The van der Waals surface area contributed by atoms with Gasteiger partial charge in [-0.3, -0.25) is 0 Å². The summed E-state index contributed by atoms with van der Waals surface area (Å²) in [7, 11) is 2.12. The van der Waals surface area contributed by atoms with Crippen LogP contribution in [0.15, 0.2) is 41.4 Å². The molecule has 2 aliphatic rings.